The van der Waals surface area contributed by atoms with Crippen LogP contribution in [0.5, 0.6) is 0 Å². The first kappa shape index (κ1) is 19.2. The van der Waals surface area contributed by atoms with Crippen LogP contribution in [0, 0.1) is 12.8 Å². The van der Waals surface area contributed by atoms with Crippen LogP contribution in [0.4, 0.5) is 0 Å². The van der Waals surface area contributed by atoms with E-state index in [2.05, 4.69) is 65.9 Å². The summed E-state index contributed by atoms with van der Waals surface area (Å²) in [5, 5.41) is 7.94. The van der Waals surface area contributed by atoms with Gasteiger partial charge in [0.15, 0.2) is 0 Å². The van der Waals surface area contributed by atoms with Crippen LogP contribution in [0.2, 0.25) is 0 Å². The van der Waals surface area contributed by atoms with Gasteiger partial charge in [-0.2, -0.15) is 5.10 Å². The van der Waals surface area contributed by atoms with E-state index in [1.54, 1.807) is 0 Å². The van der Waals surface area contributed by atoms with Gasteiger partial charge < -0.3 is 5.32 Å². The van der Waals surface area contributed by atoms with Gasteiger partial charge in [0.25, 0.3) is 5.91 Å². The fourth-order valence-corrected chi connectivity index (χ4v) is 2.99. The molecule has 1 aromatic heterocycles. The summed E-state index contributed by atoms with van der Waals surface area (Å²) in [6.07, 6.45) is 0. The molecule has 0 saturated carbocycles. The molecule has 1 N–H and O–H groups in total. The van der Waals surface area contributed by atoms with Crippen molar-refractivity contribution >= 4 is 5.91 Å². The summed E-state index contributed by atoms with van der Waals surface area (Å²) in [7, 11) is 0. The zero-order valence-electron chi connectivity index (χ0n) is 16.6. The minimum absolute atomic E-state index is 0.0130. The molecule has 0 aliphatic carbocycles. The molecule has 0 bridgehead atoms. The highest BCUT2D eigenvalue weighted by Gasteiger charge is 2.28. The smallest absolute Gasteiger partial charge is 0.255 e. The van der Waals surface area contributed by atoms with Gasteiger partial charge in [-0.15, -0.1) is 0 Å². The lowest BCUT2D eigenvalue weighted by atomic mass is 9.97. The number of carbonyl (C=O) groups excluding carboxylic acids is 1. The van der Waals surface area contributed by atoms with Crippen molar-refractivity contribution < 1.29 is 4.79 Å². The van der Waals surface area contributed by atoms with Gasteiger partial charge in [-0.1, -0.05) is 59.7 Å². The third-order valence-corrected chi connectivity index (χ3v) is 4.28. The number of nitrogens with one attached hydrogen (secondary N) is 1. The number of hydrogen-bond acceptors (Lipinski definition) is 2. The standard InChI is InChI=1S/C21H31N3O/c1-13(2)12-22-21(25)18-19(14(3)4)23-24(20(18)15(5)6)17-11-9-8-10-16(17)7/h8-11,13-15H,12H2,1-7H3,(H,22,25). The maximum Gasteiger partial charge on any atom is 0.255 e. The fraction of sp³-hybridized carbons (Fsp3) is 0.524. The Balaban J connectivity index is 2.65. The number of rotatable bonds is 6. The van der Waals surface area contributed by atoms with Crippen LogP contribution in [0.15, 0.2) is 24.3 Å². The van der Waals surface area contributed by atoms with Gasteiger partial charge in [0.2, 0.25) is 0 Å². The maximum absolute atomic E-state index is 13.0. The van der Waals surface area contributed by atoms with E-state index in [-0.39, 0.29) is 17.7 Å². The molecule has 1 amide bonds. The van der Waals surface area contributed by atoms with Crippen LogP contribution in [0.25, 0.3) is 5.69 Å². The van der Waals surface area contributed by atoms with Crippen molar-refractivity contribution in [3.05, 3.63) is 46.8 Å². The first-order valence-corrected chi connectivity index (χ1v) is 9.21. The van der Waals surface area contributed by atoms with Crippen LogP contribution in [-0.4, -0.2) is 22.2 Å². The summed E-state index contributed by atoms with van der Waals surface area (Å²) in [5.41, 5.74) is 4.79. The average Bonchev–Trinajstić information content (AvgIpc) is 2.93. The molecule has 0 fully saturated rings. The fourth-order valence-electron chi connectivity index (χ4n) is 2.99. The number of amides is 1. The Kier molecular flexibility index (Phi) is 6.04. The van der Waals surface area contributed by atoms with E-state index in [0.29, 0.717) is 12.5 Å². The quantitative estimate of drug-likeness (QED) is 0.819. The van der Waals surface area contributed by atoms with Gasteiger partial charge in [-0.25, -0.2) is 4.68 Å². The number of carbonyl (C=O) groups is 1. The molecule has 0 saturated heterocycles. The molecule has 25 heavy (non-hydrogen) atoms. The third kappa shape index (κ3) is 4.12. The first-order valence-electron chi connectivity index (χ1n) is 9.21. The predicted molar refractivity (Wildman–Crippen MR) is 104 cm³/mol. The van der Waals surface area contributed by atoms with Gasteiger partial charge in [0, 0.05) is 6.54 Å². The molecule has 0 aliphatic heterocycles. The van der Waals surface area contributed by atoms with Gasteiger partial charge in [0.1, 0.15) is 0 Å². The van der Waals surface area contributed by atoms with Crippen molar-refractivity contribution in [3.63, 3.8) is 0 Å². The largest absolute Gasteiger partial charge is 0.352 e. The van der Waals surface area contributed by atoms with Gasteiger partial charge in [0.05, 0.1) is 22.6 Å². The summed E-state index contributed by atoms with van der Waals surface area (Å²) < 4.78 is 1.97. The van der Waals surface area contributed by atoms with Crippen LogP contribution < -0.4 is 5.32 Å². The number of aromatic nitrogens is 2. The SMILES string of the molecule is Cc1ccccc1-n1nc(C(C)C)c(C(=O)NCC(C)C)c1C(C)C. The Morgan fingerprint density at radius 2 is 1.72 bits per heavy atom. The van der Waals surface area contributed by atoms with E-state index in [0.717, 1.165) is 28.2 Å². The minimum Gasteiger partial charge on any atom is -0.352 e. The van der Waals surface area contributed by atoms with Gasteiger partial charge >= 0.3 is 0 Å². The van der Waals surface area contributed by atoms with E-state index >= 15 is 0 Å². The summed E-state index contributed by atoms with van der Waals surface area (Å²) in [6.45, 7) is 15.4. The number of aryl methyl sites for hydroxylation is 1. The molecule has 0 atom stereocenters. The lowest BCUT2D eigenvalue weighted by Crippen LogP contribution is -2.29. The Morgan fingerprint density at radius 1 is 1.08 bits per heavy atom. The predicted octanol–water partition coefficient (Wildman–Crippen LogP) is 4.81. The van der Waals surface area contributed by atoms with Crippen LogP contribution in [-0.2, 0) is 0 Å². The first-order chi connectivity index (χ1) is 11.7. The number of benzene rings is 1. The van der Waals surface area contributed by atoms with E-state index in [9.17, 15) is 4.79 Å². The van der Waals surface area contributed by atoms with Crippen LogP contribution in [0.3, 0.4) is 0 Å². The zero-order chi connectivity index (χ0) is 18.7. The van der Waals surface area contributed by atoms with Crippen molar-refractivity contribution in [1.82, 2.24) is 15.1 Å². The topological polar surface area (TPSA) is 46.9 Å². The molecular formula is C21H31N3O. The lowest BCUT2D eigenvalue weighted by molar-refractivity contribution is 0.0946. The molecule has 1 heterocycles. The van der Waals surface area contributed by atoms with Crippen LogP contribution >= 0.6 is 0 Å². The normalized spacial score (nSPS) is 11.6. The minimum atomic E-state index is -0.0130. The Hall–Kier alpha value is -2.10. The van der Waals surface area contributed by atoms with E-state index in [1.165, 1.54) is 0 Å². The Morgan fingerprint density at radius 3 is 2.24 bits per heavy atom. The molecule has 0 spiro atoms. The Labute approximate surface area is 151 Å². The van der Waals surface area contributed by atoms with E-state index < -0.39 is 0 Å². The molecule has 1 aromatic carbocycles. The van der Waals surface area contributed by atoms with Gasteiger partial charge in [-0.05, 0) is 36.3 Å². The summed E-state index contributed by atoms with van der Waals surface area (Å²) >= 11 is 0. The molecule has 4 nitrogen and oxygen atoms in total. The molecule has 0 radical (unpaired) electrons. The number of nitrogens with zero attached hydrogens (tertiary/aromatic N) is 2. The summed E-state index contributed by atoms with van der Waals surface area (Å²) in [5.74, 6) is 0.781. The third-order valence-electron chi connectivity index (χ3n) is 4.28. The van der Waals surface area contributed by atoms with Crippen molar-refractivity contribution in [1.29, 1.82) is 0 Å². The second-order valence-corrected chi connectivity index (χ2v) is 7.76. The molecule has 0 unspecified atom stereocenters. The van der Waals surface area contributed by atoms with Gasteiger partial charge in [-0.3, -0.25) is 4.79 Å². The highest BCUT2D eigenvalue weighted by atomic mass is 16.1. The molecule has 2 aromatic rings. The molecule has 2 rings (SSSR count). The molecular weight excluding hydrogens is 310 g/mol. The molecule has 0 aliphatic rings. The Bertz CT molecular complexity index is 742. The lowest BCUT2D eigenvalue weighted by Gasteiger charge is -2.15. The zero-order valence-corrected chi connectivity index (χ0v) is 16.6. The van der Waals surface area contributed by atoms with Crippen molar-refractivity contribution in [3.8, 4) is 5.69 Å². The van der Waals surface area contributed by atoms with Crippen molar-refractivity contribution in [2.45, 2.75) is 60.3 Å². The van der Waals surface area contributed by atoms with Crippen LogP contribution in [0.1, 0.15) is 80.7 Å². The van der Waals surface area contributed by atoms with E-state index in [4.69, 9.17) is 5.10 Å². The molecule has 136 valence electrons. The summed E-state index contributed by atoms with van der Waals surface area (Å²) in [4.78, 5) is 13.0. The maximum atomic E-state index is 13.0. The van der Waals surface area contributed by atoms with E-state index in [1.807, 2.05) is 16.8 Å². The average molecular weight is 341 g/mol. The number of hydrogen-bond donors (Lipinski definition) is 1. The second-order valence-electron chi connectivity index (χ2n) is 7.76. The highest BCUT2D eigenvalue weighted by Crippen LogP contribution is 2.30. The summed E-state index contributed by atoms with van der Waals surface area (Å²) in [6, 6.07) is 8.18. The highest BCUT2D eigenvalue weighted by molar-refractivity contribution is 5.97. The second kappa shape index (κ2) is 7.85. The molecule has 4 heteroatoms. The number of para-hydroxylation sites is 1. The monoisotopic (exact) mass is 341 g/mol. The van der Waals surface area contributed by atoms with Crippen molar-refractivity contribution in [2.24, 2.45) is 5.92 Å². The van der Waals surface area contributed by atoms with Crippen molar-refractivity contribution in [2.75, 3.05) is 6.54 Å².